The standard InChI is InChI=1S/C4H8N2O3.ClH/c5-6-3(7)1-2-4(8)9;/h1-2,5H2,(H,6,7)(H,8,9);1H. The molecule has 0 radical (unpaired) electrons. The highest BCUT2D eigenvalue weighted by Gasteiger charge is 2.01. The zero-order chi connectivity index (χ0) is 7.28. The molecule has 6 heteroatoms. The first-order valence-corrected chi connectivity index (χ1v) is 2.38. The number of hydrazine groups is 1. The normalized spacial score (nSPS) is 7.70. The summed E-state index contributed by atoms with van der Waals surface area (Å²) in [5.41, 5.74) is 1.82. The number of carbonyl (C=O) groups is 2. The summed E-state index contributed by atoms with van der Waals surface area (Å²) in [6.45, 7) is 0. The highest BCUT2D eigenvalue weighted by atomic mass is 35.5. The fraction of sp³-hybridized carbons (Fsp3) is 0.500. The Morgan fingerprint density at radius 1 is 1.40 bits per heavy atom. The van der Waals surface area contributed by atoms with Crippen molar-refractivity contribution in [3.63, 3.8) is 0 Å². The number of hydrogen-bond donors (Lipinski definition) is 3. The molecule has 0 rings (SSSR count). The second kappa shape index (κ2) is 6.31. The van der Waals surface area contributed by atoms with Crippen LogP contribution in [0.3, 0.4) is 0 Å². The average Bonchev–Trinajstić information content (AvgIpc) is 1.83. The third kappa shape index (κ3) is 7.19. The summed E-state index contributed by atoms with van der Waals surface area (Å²) in [4.78, 5) is 20.0. The lowest BCUT2D eigenvalue weighted by atomic mass is 10.3. The highest BCUT2D eigenvalue weighted by molar-refractivity contribution is 5.85. The molecular weight excluding hydrogens is 160 g/mol. The van der Waals surface area contributed by atoms with Gasteiger partial charge in [-0.1, -0.05) is 0 Å². The quantitative estimate of drug-likeness (QED) is 0.294. The van der Waals surface area contributed by atoms with Crippen molar-refractivity contribution < 1.29 is 14.7 Å². The molecular formula is C4H9ClN2O3. The van der Waals surface area contributed by atoms with E-state index in [1.54, 1.807) is 0 Å². The number of halogens is 1. The summed E-state index contributed by atoms with van der Waals surface area (Å²) >= 11 is 0. The van der Waals surface area contributed by atoms with Gasteiger partial charge >= 0.3 is 5.97 Å². The van der Waals surface area contributed by atoms with Gasteiger partial charge in [0.05, 0.1) is 6.42 Å². The van der Waals surface area contributed by atoms with Gasteiger partial charge in [0.1, 0.15) is 0 Å². The number of carboxylic acids is 1. The Hall–Kier alpha value is -0.810. The van der Waals surface area contributed by atoms with Gasteiger partial charge in [0.2, 0.25) is 5.91 Å². The maximum absolute atomic E-state index is 10.2. The second-order valence-corrected chi connectivity index (χ2v) is 1.46. The lowest BCUT2D eigenvalue weighted by Gasteiger charge is -1.93. The first-order chi connectivity index (χ1) is 4.16. The molecule has 0 fully saturated rings. The maximum Gasteiger partial charge on any atom is 0.303 e. The smallest absolute Gasteiger partial charge is 0.303 e. The van der Waals surface area contributed by atoms with Gasteiger partial charge in [0.15, 0.2) is 0 Å². The Balaban J connectivity index is 0. The fourth-order valence-electron chi connectivity index (χ4n) is 0.293. The summed E-state index contributed by atoms with van der Waals surface area (Å²) in [5, 5.41) is 8.04. The lowest BCUT2D eigenvalue weighted by Crippen LogP contribution is -2.30. The van der Waals surface area contributed by atoms with E-state index < -0.39 is 11.9 Å². The Morgan fingerprint density at radius 2 is 1.90 bits per heavy atom. The topological polar surface area (TPSA) is 92.4 Å². The third-order valence-corrected chi connectivity index (χ3v) is 0.727. The van der Waals surface area contributed by atoms with Crippen molar-refractivity contribution in [1.29, 1.82) is 0 Å². The predicted octanol–water partition coefficient (Wildman–Crippen LogP) is -0.737. The Kier molecular flexibility index (Phi) is 7.53. The van der Waals surface area contributed by atoms with Gasteiger partial charge in [-0.3, -0.25) is 15.0 Å². The number of carbonyl (C=O) groups excluding carboxylic acids is 1. The van der Waals surface area contributed by atoms with E-state index in [1.807, 2.05) is 5.43 Å². The molecule has 0 aromatic rings. The molecule has 0 unspecified atom stereocenters. The van der Waals surface area contributed by atoms with E-state index in [0.717, 1.165) is 0 Å². The van der Waals surface area contributed by atoms with E-state index in [-0.39, 0.29) is 25.2 Å². The molecule has 0 aromatic heterocycles. The molecule has 0 heterocycles. The number of hydrogen-bond acceptors (Lipinski definition) is 3. The summed E-state index contributed by atoms with van der Waals surface area (Å²) in [7, 11) is 0. The molecule has 0 atom stereocenters. The van der Waals surface area contributed by atoms with Crippen LogP contribution in [0.5, 0.6) is 0 Å². The molecule has 4 N–H and O–H groups in total. The molecule has 0 aliphatic rings. The largest absolute Gasteiger partial charge is 0.481 e. The van der Waals surface area contributed by atoms with Gasteiger partial charge in [-0.25, -0.2) is 5.84 Å². The molecule has 0 saturated carbocycles. The molecule has 0 aliphatic heterocycles. The zero-order valence-corrected chi connectivity index (χ0v) is 5.98. The zero-order valence-electron chi connectivity index (χ0n) is 5.16. The van der Waals surface area contributed by atoms with Crippen LogP contribution in [-0.4, -0.2) is 17.0 Å². The van der Waals surface area contributed by atoms with E-state index in [9.17, 15) is 9.59 Å². The van der Waals surface area contributed by atoms with E-state index in [1.165, 1.54) is 0 Å². The van der Waals surface area contributed by atoms with Crippen molar-refractivity contribution in [1.82, 2.24) is 5.43 Å². The minimum absolute atomic E-state index is 0. The van der Waals surface area contributed by atoms with Gasteiger partial charge in [-0.05, 0) is 0 Å². The van der Waals surface area contributed by atoms with Crippen LogP contribution in [0.25, 0.3) is 0 Å². The van der Waals surface area contributed by atoms with Crippen LogP contribution in [-0.2, 0) is 9.59 Å². The Morgan fingerprint density at radius 3 is 2.20 bits per heavy atom. The first kappa shape index (κ1) is 11.9. The monoisotopic (exact) mass is 168 g/mol. The fourth-order valence-corrected chi connectivity index (χ4v) is 0.293. The number of rotatable bonds is 3. The summed E-state index contributed by atoms with van der Waals surface area (Å²) in [6.07, 6.45) is -0.241. The molecule has 0 aromatic carbocycles. The lowest BCUT2D eigenvalue weighted by molar-refractivity contribution is -0.138. The van der Waals surface area contributed by atoms with Crippen LogP contribution in [0.1, 0.15) is 12.8 Å². The molecule has 0 aliphatic carbocycles. The summed E-state index contributed by atoms with van der Waals surface area (Å²) in [5.74, 6) is 3.20. The summed E-state index contributed by atoms with van der Waals surface area (Å²) < 4.78 is 0. The molecule has 0 bridgehead atoms. The number of aliphatic carboxylic acids is 1. The highest BCUT2D eigenvalue weighted by Crippen LogP contribution is 1.85. The van der Waals surface area contributed by atoms with Crippen LogP contribution in [0.15, 0.2) is 0 Å². The second-order valence-electron chi connectivity index (χ2n) is 1.46. The number of amides is 1. The first-order valence-electron chi connectivity index (χ1n) is 2.38. The van der Waals surface area contributed by atoms with Crippen LogP contribution < -0.4 is 11.3 Å². The van der Waals surface area contributed by atoms with Crippen molar-refractivity contribution in [3.8, 4) is 0 Å². The van der Waals surface area contributed by atoms with Crippen molar-refractivity contribution in [2.75, 3.05) is 0 Å². The number of carboxylic acid groups (broad SMARTS) is 1. The van der Waals surface area contributed by atoms with E-state index in [2.05, 4.69) is 5.84 Å². The van der Waals surface area contributed by atoms with Gasteiger partial charge < -0.3 is 5.11 Å². The maximum atomic E-state index is 10.2. The minimum Gasteiger partial charge on any atom is -0.481 e. The molecule has 60 valence electrons. The van der Waals surface area contributed by atoms with Gasteiger partial charge in [-0.15, -0.1) is 12.4 Å². The van der Waals surface area contributed by atoms with Crippen molar-refractivity contribution in [3.05, 3.63) is 0 Å². The number of nitrogens with one attached hydrogen (secondary N) is 1. The van der Waals surface area contributed by atoms with Crippen LogP contribution in [0.4, 0.5) is 0 Å². The van der Waals surface area contributed by atoms with Crippen LogP contribution >= 0.6 is 12.4 Å². The molecule has 0 saturated heterocycles. The molecule has 10 heavy (non-hydrogen) atoms. The number of nitrogens with two attached hydrogens (primary N) is 1. The molecule has 0 spiro atoms. The van der Waals surface area contributed by atoms with Crippen molar-refractivity contribution in [2.24, 2.45) is 5.84 Å². The van der Waals surface area contributed by atoms with E-state index in [0.29, 0.717) is 0 Å². The van der Waals surface area contributed by atoms with Gasteiger partial charge in [0, 0.05) is 6.42 Å². The molecule has 1 amide bonds. The summed E-state index contributed by atoms with van der Waals surface area (Å²) in [6, 6.07) is 0. The Labute approximate surface area is 64.0 Å². The minimum atomic E-state index is -1.00. The van der Waals surface area contributed by atoms with E-state index in [4.69, 9.17) is 5.11 Å². The SMILES string of the molecule is Cl.NNC(=O)CCC(=O)O. The van der Waals surface area contributed by atoms with Crippen molar-refractivity contribution in [2.45, 2.75) is 12.8 Å². The van der Waals surface area contributed by atoms with Crippen molar-refractivity contribution >= 4 is 24.3 Å². The third-order valence-electron chi connectivity index (χ3n) is 0.727. The average molecular weight is 169 g/mol. The Bertz CT molecular complexity index is 128. The van der Waals surface area contributed by atoms with Crippen LogP contribution in [0, 0.1) is 0 Å². The van der Waals surface area contributed by atoms with Crippen LogP contribution in [0.2, 0.25) is 0 Å². The molecule has 5 nitrogen and oxygen atoms in total. The van der Waals surface area contributed by atoms with Gasteiger partial charge in [0.25, 0.3) is 0 Å². The van der Waals surface area contributed by atoms with Gasteiger partial charge in [-0.2, -0.15) is 0 Å². The van der Waals surface area contributed by atoms with E-state index >= 15 is 0 Å². The predicted molar refractivity (Wildman–Crippen MR) is 36.4 cm³/mol.